The SMILES string of the molecule is CC(Cl)C(=O)c1ccc(I)c(OC(F)F)c1. The summed E-state index contributed by atoms with van der Waals surface area (Å²) in [4.78, 5) is 11.5. The summed E-state index contributed by atoms with van der Waals surface area (Å²) in [5.74, 6) is -0.337. The Morgan fingerprint density at radius 1 is 1.50 bits per heavy atom. The van der Waals surface area contributed by atoms with Crippen LogP contribution in [0.2, 0.25) is 0 Å². The Hall–Kier alpha value is -0.430. The van der Waals surface area contributed by atoms with Crippen LogP contribution in [0.1, 0.15) is 17.3 Å². The molecule has 0 radical (unpaired) electrons. The van der Waals surface area contributed by atoms with Crippen LogP contribution in [-0.4, -0.2) is 17.8 Å². The topological polar surface area (TPSA) is 26.3 Å². The Morgan fingerprint density at radius 3 is 2.62 bits per heavy atom. The van der Waals surface area contributed by atoms with Crippen LogP contribution in [0.25, 0.3) is 0 Å². The number of ether oxygens (including phenoxy) is 1. The molecular weight excluding hydrogens is 352 g/mol. The minimum atomic E-state index is -2.91. The molecule has 1 rings (SSSR count). The summed E-state index contributed by atoms with van der Waals surface area (Å²) >= 11 is 7.47. The standard InChI is InChI=1S/C10H8ClF2IO2/c1-5(11)9(15)6-2-3-7(14)8(4-6)16-10(12)13/h2-5,10H,1H3. The molecule has 0 bridgehead atoms. The maximum atomic E-state index is 12.1. The smallest absolute Gasteiger partial charge is 0.387 e. The quantitative estimate of drug-likeness (QED) is 0.465. The van der Waals surface area contributed by atoms with E-state index in [-0.39, 0.29) is 17.1 Å². The number of benzene rings is 1. The molecular formula is C10H8ClF2IO2. The second kappa shape index (κ2) is 5.77. The Balaban J connectivity index is 3.02. The zero-order chi connectivity index (χ0) is 12.3. The van der Waals surface area contributed by atoms with Crippen LogP contribution in [-0.2, 0) is 0 Å². The van der Waals surface area contributed by atoms with Crippen molar-refractivity contribution in [3.63, 3.8) is 0 Å². The highest BCUT2D eigenvalue weighted by molar-refractivity contribution is 14.1. The third-order valence-electron chi connectivity index (χ3n) is 1.79. The van der Waals surface area contributed by atoms with Crippen molar-refractivity contribution >= 4 is 40.0 Å². The molecule has 0 N–H and O–H groups in total. The van der Waals surface area contributed by atoms with E-state index in [2.05, 4.69) is 4.74 Å². The summed E-state index contributed by atoms with van der Waals surface area (Å²) in [7, 11) is 0. The van der Waals surface area contributed by atoms with E-state index in [9.17, 15) is 13.6 Å². The second-order valence-corrected chi connectivity index (χ2v) is 4.82. The van der Waals surface area contributed by atoms with Crippen molar-refractivity contribution in [2.24, 2.45) is 0 Å². The summed E-state index contributed by atoms with van der Waals surface area (Å²) in [6.45, 7) is -1.39. The van der Waals surface area contributed by atoms with Crippen molar-refractivity contribution in [2.45, 2.75) is 18.9 Å². The van der Waals surface area contributed by atoms with Crippen molar-refractivity contribution in [3.8, 4) is 5.75 Å². The largest absolute Gasteiger partial charge is 0.434 e. The zero-order valence-electron chi connectivity index (χ0n) is 8.22. The third kappa shape index (κ3) is 3.55. The number of Topliss-reactive ketones (excluding diaryl/α,β-unsaturated/α-hetero) is 1. The van der Waals surface area contributed by atoms with E-state index in [0.29, 0.717) is 3.57 Å². The Bertz CT molecular complexity index is 396. The molecule has 2 nitrogen and oxygen atoms in total. The van der Waals surface area contributed by atoms with Gasteiger partial charge in [-0.05, 0) is 41.6 Å². The molecule has 0 heterocycles. The first kappa shape index (κ1) is 13.6. The minimum Gasteiger partial charge on any atom is -0.434 e. The number of rotatable bonds is 4. The van der Waals surface area contributed by atoms with Crippen molar-refractivity contribution in [1.29, 1.82) is 0 Å². The molecule has 0 saturated carbocycles. The van der Waals surface area contributed by atoms with Crippen LogP contribution in [0.3, 0.4) is 0 Å². The van der Waals surface area contributed by atoms with E-state index >= 15 is 0 Å². The van der Waals surface area contributed by atoms with Gasteiger partial charge in [0.05, 0.1) is 8.95 Å². The van der Waals surface area contributed by atoms with Crippen LogP contribution >= 0.6 is 34.2 Å². The normalized spacial score (nSPS) is 12.6. The zero-order valence-corrected chi connectivity index (χ0v) is 11.1. The van der Waals surface area contributed by atoms with Gasteiger partial charge in [0.25, 0.3) is 0 Å². The Kier molecular flexibility index (Phi) is 4.91. The highest BCUT2D eigenvalue weighted by atomic mass is 127. The highest BCUT2D eigenvalue weighted by Crippen LogP contribution is 2.25. The van der Waals surface area contributed by atoms with Gasteiger partial charge in [0, 0.05) is 5.56 Å². The number of carbonyl (C=O) groups is 1. The van der Waals surface area contributed by atoms with E-state index < -0.39 is 12.0 Å². The van der Waals surface area contributed by atoms with Crippen molar-refractivity contribution in [3.05, 3.63) is 27.3 Å². The van der Waals surface area contributed by atoms with Gasteiger partial charge in [-0.3, -0.25) is 4.79 Å². The average Bonchev–Trinajstić information content (AvgIpc) is 2.19. The van der Waals surface area contributed by atoms with Crippen molar-refractivity contribution in [2.75, 3.05) is 0 Å². The van der Waals surface area contributed by atoms with Crippen LogP contribution in [0.15, 0.2) is 18.2 Å². The summed E-state index contributed by atoms with van der Waals surface area (Å²) in [5.41, 5.74) is 0.263. The summed E-state index contributed by atoms with van der Waals surface area (Å²) < 4.78 is 28.9. The molecule has 0 aliphatic rings. The first-order valence-electron chi connectivity index (χ1n) is 4.34. The molecule has 1 aromatic rings. The predicted molar refractivity (Wildman–Crippen MR) is 65.4 cm³/mol. The maximum Gasteiger partial charge on any atom is 0.387 e. The van der Waals surface area contributed by atoms with E-state index in [0.717, 1.165) is 0 Å². The Morgan fingerprint density at radius 2 is 2.12 bits per heavy atom. The molecule has 16 heavy (non-hydrogen) atoms. The van der Waals surface area contributed by atoms with Gasteiger partial charge < -0.3 is 4.74 Å². The number of ketones is 1. The van der Waals surface area contributed by atoms with Gasteiger partial charge in [-0.1, -0.05) is 6.07 Å². The lowest BCUT2D eigenvalue weighted by Crippen LogP contribution is -2.11. The molecule has 1 atom stereocenters. The molecule has 0 aromatic heterocycles. The van der Waals surface area contributed by atoms with E-state index in [1.807, 2.05) is 22.6 Å². The summed E-state index contributed by atoms with van der Waals surface area (Å²) in [6, 6.07) is 4.33. The average molecular weight is 361 g/mol. The molecule has 1 aromatic carbocycles. The monoisotopic (exact) mass is 360 g/mol. The molecule has 1 unspecified atom stereocenters. The van der Waals surface area contributed by atoms with Gasteiger partial charge in [-0.25, -0.2) is 0 Å². The lowest BCUT2D eigenvalue weighted by Gasteiger charge is -2.09. The van der Waals surface area contributed by atoms with Gasteiger partial charge >= 0.3 is 6.61 Å². The fourth-order valence-corrected chi connectivity index (χ4v) is 1.66. The van der Waals surface area contributed by atoms with Crippen LogP contribution in [0.4, 0.5) is 8.78 Å². The number of alkyl halides is 3. The van der Waals surface area contributed by atoms with Gasteiger partial charge in [0.1, 0.15) is 5.75 Å². The lowest BCUT2D eigenvalue weighted by molar-refractivity contribution is -0.0504. The van der Waals surface area contributed by atoms with Gasteiger partial charge in [0.2, 0.25) is 0 Å². The van der Waals surface area contributed by atoms with E-state index in [1.54, 1.807) is 0 Å². The number of hydrogen-bond donors (Lipinski definition) is 0. The molecule has 0 aliphatic heterocycles. The summed E-state index contributed by atoms with van der Waals surface area (Å²) in [5, 5.41) is -0.695. The molecule has 0 aliphatic carbocycles. The third-order valence-corrected chi connectivity index (χ3v) is 2.88. The van der Waals surface area contributed by atoms with Gasteiger partial charge in [-0.2, -0.15) is 8.78 Å². The molecule has 0 amide bonds. The highest BCUT2D eigenvalue weighted by Gasteiger charge is 2.15. The molecule has 0 fully saturated rings. The van der Waals surface area contributed by atoms with Crippen LogP contribution in [0, 0.1) is 3.57 Å². The fourth-order valence-electron chi connectivity index (χ4n) is 1.07. The predicted octanol–water partition coefficient (Wildman–Crippen LogP) is 3.70. The first-order chi connectivity index (χ1) is 7.41. The van der Waals surface area contributed by atoms with Crippen LogP contribution < -0.4 is 4.74 Å². The summed E-state index contributed by atoms with van der Waals surface area (Å²) in [6.07, 6.45) is 0. The van der Waals surface area contributed by atoms with Gasteiger partial charge in [-0.15, -0.1) is 11.6 Å². The van der Waals surface area contributed by atoms with E-state index in [1.165, 1.54) is 25.1 Å². The van der Waals surface area contributed by atoms with Crippen molar-refractivity contribution < 1.29 is 18.3 Å². The molecule has 88 valence electrons. The number of carbonyl (C=O) groups excluding carboxylic acids is 1. The minimum absolute atomic E-state index is 0.0150. The lowest BCUT2D eigenvalue weighted by atomic mass is 10.1. The van der Waals surface area contributed by atoms with E-state index in [4.69, 9.17) is 11.6 Å². The Labute approximate surface area is 110 Å². The molecule has 0 saturated heterocycles. The molecule has 0 spiro atoms. The number of halogens is 4. The maximum absolute atomic E-state index is 12.1. The van der Waals surface area contributed by atoms with Gasteiger partial charge in [0.15, 0.2) is 5.78 Å². The number of hydrogen-bond acceptors (Lipinski definition) is 2. The fraction of sp³-hybridized carbons (Fsp3) is 0.300. The second-order valence-electron chi connectivity index (χ2n) is 3.00. The first-order valence-corrected chi connectivity index (χ1v) is 5.86. The molecule has 6 heteroatoms. The van der Waals surface area contributed by atoms with Crippen molar-refractivity contribution in [1.82, 2.24) is 0 Å². The van der Waals surface area contributed by atoms with Crippen LogP contribution in [0.5, 0.6) is 5.75 Å².